The van der Waals surface area contributed by atoms with E-state index in [4.69, 9.17) is 4.74 Å². The summed E-state index contributed by atoms with van der Waals surface area (Å²) in [5, 5.41) is 12.7. The molecule has 0 radical (unpaired) electrons. The van der Waals surface area contributed by atoms with Crippen LogP contribution in [0, 0.1) is 0 Å². The van der Waals surface area contributed by atoms with Crippen molar-refractivity contribution in [2.24, 2.45) is 0 Å². The van der Waals surface area contributed by atoms with Gasteiger partial charge in [0.15, 0.2) is 0 Å². The number of rotatable bonds is 1. The minimum absolute atomic E-state index is 0.0277. The van der Waals surface area contributed by atoms with Crippen molar-refractivity contribution in [3.05, 3.63) is 0 Å². The van der Waals surface area contributed by atoms with Crippen LogP contribution in [0.15, 0.2) is 0 Å². The third-order valence-electron chi connectivity index (χ3n) is 2.95. The molecule has 17 heavy (non-hydrogen) atoms. The number of amides is 1. The highest BCUT2D eigenvalue weighted by Crippen LogP contribution is 2.33. The number of carbonyl (C=O) groups is 1. The second-order valence-electron chi connectivity index (χ2n) is 5.99. The van der Waals surface area contributed by atoms with Gasteiger partial charge in [-0.15, -0.1) is 0 Å². The molecular formula is C12H23NO3S. The fraction of sp³-hybridized carbons (Fsp3) is 0.917. The number of nitrogens with one attached hydrogen (secondary N) is 1. The Hall–Kier alpha value is -0.420. The van der Waals surface area contributed by atoms with Gasteiger partial charge in [-0.1, -0.05) is 0 Å². The summed E-state index contributed by atoms with van der Waals surface area (Å²) in [6, 6.07) is -0.0277. The van der Waals surface area contributed by atoms with E-state index in [9.17, 15) is 9.90 Å². The molecule has 0 aliphatic heterocycles. The average Bonchev–Trinajstić information content (AvgIpc) is 2.08. The fourth-order valence-corrected chi connectivity index (χ4v) is 2.11. The number of aliphatic hydroxyl groups excluding tert-OH is 1. The van der Waals surface area contributed by atoms with E-state index in [0.29, 0.717) is 6.42 Å². The molecule has 5 heteroatoms. The zero-order valence-corrected chi connectivity index (χ0v) is 11.9. The van der Waals surface area contributed by atoms with Crippen LogP contribution in [0.5, 0.6) is 0 Å². The molecule has 0 saturated heterocycles. The zero-order valence-electron chi connectivity index (χ0n) is 11.0. The minimum Gasteiger partial charge on any atom is -0.444 e. The quantitative estimate of drug-likeness (QED) is 0.634. The van der Waals surface area contributed by atoms with Gasteiger partial charge in [-0.2, -0.15) is 12.6 Å². The van der Waals surface area contributed by atoms with Crippen LogP contribution in [0.2, 0.25) is 0 Å². The Morgan fingerprint density at radius 2 is 2.12 bits per heavy atom. The van der Waals surface area contributed by atoms with Gasteiger partial charge in [-0.25, -0.2) is 4.79 Å². The van der Waals surface area contributed by atoms with E-state index in [1.54, 1.807) is 0 Å². The van der Waals surface area contributed by atoms with Crippen LogP contribution >= 0.6 is 12.6 Å². The zero-order chi connectivity index (χ0) is 13.3. The van der Waals surface area contributed by atoms with Gasteiger partial charge in [-0.05, 0) is 47.0 Å². The third-order valence-corrected chi connectivity index (χ3v) is 3.47. The van der Waals surface area contributed by atoms with Crippen molar-refractivity contribution in [3.63, 3.8) is 0 Å². The Morgan fingerprint density at radius 3 is 2.59 bits per heavy atom. The fourth-order valence-electron chi connectivity index (χ4n) is 1.88. The Kier molecular flexibility index (Phi) is 4.36. The number of aliphatic hydroxyl groups is 1. The van der Waals surface area contributed by atoms with Gasteiger partial charge in [-0.3, -0.25) is 0 Å². The molecule has 0 aromatic rings. The molecule has 0 aromatic carbocycles. The summed E-state index contributed by atoms with van der Waals surface area (Å²) < 4.78 is 4.82. The molecular weight excluding hydrogens is 238 g/mol. The number of thiol groups is 1. The van der Waals surface area contributed by atoms with Crippen LogP contribution in [0.4, 0.5) is 4.79 Å². The number of ether oxygens (including phenoxy) is 1. The van der Waals surface area contributed by atoms with Crippen LogP contribution in [0.25, 0.3) is 0 Å². The Morgan fingerprint density at radius 1 is 1.53 bits per heavy atom. The van der Waals surface area contributed by atoms with Crippen molar-refractivity contribution in [2.45, 2.75) is 69.5 Å². The molecule has 0 spiro atoms. The maximum Gasteiger partial charge on any atom is 0.407 e. The molecule has 3 atom stereocenters. The normalized spacial score (nSPS) is 34.2. The summed E-state index contributed by atoms with van der Waals surface area (Å²) in [6.45, 7) is 7.40. The highest BCUT2D eigenvalue weighted by Gasteiger charge is 2.37. The highest BCUT2D eigenvalue weighted by molar-refractivity contribution is 7.81. The van der Waals surface area contributed by atoms with Crippen LogP contribution in [0.1, 0.15) is 47.0 Å². The maximum atomic E-state index is 11.6. The average molecular weight is 261 g/mol. The van der Waals surface area contributed by atoms with E-state index in [2.05, 4.69) is 17.9 Å². The summed E-state index contributed by atoms with van der Waals surface area (Å²) in [5.74, 6) is 0. The van der Waals surface area contributed by atoms with Gasteiger partial charge in [0.1, 0.15) is 5.60 Å². The van der Waals surface area contributed by atoms with E-state index in [1.165, 1.54) is 0 Å². The Balaban J connectivity index is 2.42. The molecule has 1 aliphatic carbocycles. The minimum atomic E-state index is -0.500. The lowest BCUT2D eigenvalue weighted by atomic mass is 9.84. The van der Waals surface area contributed by atoms with Crippen LogP contribution in [-0.2, 0) is 4.74 Å². The van der Waals surface area contributed by atoms with Gasteiger partial charge in [0.2, 0.25) is 0 Å². The van der Waals surface area contributed by atoms with Crippen molar-refractivity contribution in [1.82, 2.24) is 5.32 Å². The van der Waals surface area contributed by atoms with Gasteiger partial charge in [0.05, 0.1) is 6.10 Å². The van der Waals surface area contributed by atoms with Crippen LogP contribution < -0.4 is 5.32 Å². The Labute approximate surface area is 109 Å². The molecule has 2 N–H and O–H groups in total. The first kappa shape index (κ1) is 14.6. The topological polar surface area (TPSA) is 58.6 Å². The van der Waals surface area contributed by atoms with E-state index < -0.39 is 17.8 Å². The van der Waals surface area contributed by atoms with Gasteiger partial charge < -0.3 is 15.2 Å². The number of alkyl carbamates (subject to hydrolysis) is 1. The molecule has 1 amide bonds. The first-order valence-corrected chi connectivity index (χ1v) is 6.45. The van der Waals surface area contributed by atoms with Crippen LogP contribution in [0.3, 0.4) is 0 Å². The molecule has 1 rings (SSSR count). The van der Waals surface area contributed by atoms with E-state index in [0.717, 1.165) is 12.8 Å². The molecule has 1 aliphatic rings. The van der Waals surface area contributed by atoms with Crippen LogP contribution in [-0.4, -0.2) is 33.7 Å². The number of carbonyl (C=O) groups excluding carboxylic acids is 1. The van der Waals surface area contributed by atoms with E-state index >= 15 is 0 Å². The molecule has 100 valence electrons. The van der Waals surface area contributed by atoms with Crippen molar-refractivity contribution in [3.8, 4) is 0 Å². The smallest absolute Gasteiger partial charge is 0.407 e. The number of hydrogen-bond donors (Lipinski definition) is 3. The van der Waals surface area contributed by atoms with Crippen molar-refractivity contribution < 1.29 is 14.6 Å². The van der Waals surface area contributed by atoms with E-state index in [1.807, 2.05) is 27.7 Å². The predicted molar refractivity (Wildman–Crippen MR) is 70.4 cm³/mol. The summed E-state index contributed by atoms with van der Waals surface area (Å²) in [6.07, 6.45) is 1.20. The Bertz CT molecular complexity index is 286. The molecule has 1 fully saturated rings. The summed E-state index contributed by atoms with van der Waals surface area (Å²) in [5.41, 5.74) is -0.491. The monoisotopic (exact) mass is 261 g/mol. The lowest BCUT2D eigenvalue weighted by molar-refractivity contribution is 0.0415. The molecule has 0 aromatic heterocycles. The van der Waals surface area contributed by atoms with Gasteiger partial charge in [0.25, 0.3) is 0 Å². The molecule has 0 heterocycles. The standard InChI is InChI=1S/C12H23NO3S/c1-11(2,3)16-10(15)13-8-5-6-12(4,17)9(14)7-8/h8-9,14,17H,5-7H2,1-4H3,(H,13,15). The summed E-state index contributed by atoms with van der Waals surface area (Å²) in [4.78, 5) is 11.6. The summed E-state index contributed by atoms with van der Waals surface area (Å²) >= 11 is 4.42. The first-order chi connectivity index (χ1) is 7.60. The molecule has 4 nitrogen and oxygen atoms in total. The number of hydrogen-bond acceptors (Lipinski definition) is 4. The molecule has 1 saturated carbocycles. The van der Waals surface area contributed by atoms with Crippen molar-refractivity contribution in [2.75, 3.05) is 0 Å². The maximum absolute atomic E-state index is 11.6. The van der Waals surface area contributed by atoms with E-state index in [-0.39, 0.29) is 10.8 Å². The lowest BCUT2D eigenvalue weighted by Gasteiger charge is -2.38. The van der Waals surface area contributed by atoms with Gasteiger partial charge in [0, 0.05) is 10.8 Å². The van der Waals surface area contributed by atoms with Crippen molar-refractivity contribution in [1.29, 1.82) is 0 Å². The molecule has 3 unspecified atom stereocenters. The van der Waals surface area contributed by atoms with Crippen molar-refractivity contribution >= 4 is 18.7 Å². The lowest BCUT2D eigenvalue weighted by Crippen LogP contribution is -2.49. The highest BCUT2D eigenvalue weighted by atomic mass is 32.1. The first-order valence-electron chi connectivity index (χ1n) is 6.00. The molecule has 0 bridgehead atoms. The third kappa shape index (κ3) is 4.76. The van der Waals surface area contributed by atoms with Gasteiger partial charge >= 0.3 is 6.09 Å². The second-order valence-corrected chi connectivity index (χ2v) is 7.01. The predicted octanol–water partition coefficient (Wildman–Crippen LogP) is 2.11. The largest absolute Gasteiger partial charge is 0.444 e. The summed E-state index contributed by atoms with van der Waals surface area (Å²) in [7, 11) is 0. The second kappa shape index (κ2) is 5.06. The SMILES string of the molecule is CC(C)(C)OC(=O)NC1CCC(C)(S)C(O)C1.